The van der Waals surface area contributed by atoms with Crippen molar-refractivity contribution < 1.29 is 25.2 Å². The Morgan fingerprint density at radius 3 is 1.82 bits per heavy atom. The van der Waals surface area contributed by atoms with E-state index >= 15 is 0 Å². The highest BCUT2D eigenvalue weighted by atomic mass is 16.4. The molecule has 11 heavy (non-hydrogen) atoms. The van der Waals surface area contributed by atoms with Gasteiger partial charge in [-0.3, -0.25) is 0 Å². The van der Waals surface area contributed by atoms with Crippen molar-refractivity contribution in [1.82, 2.24) is 0 Å². The van der Waals surface area contributed by atoms with Crippen LogP contribution in [0.3, 0.4) is 0 Å². The molecular formula is C6H12O5. The molecule has 0 bridgehead atoms. The van der Waals surface area contributed by atoms with E-state index in [1.807, 2.05) is 0 Å². The number of hydrogen-bond acceptors (Lipinski definition) is 5. The minimum atomic E-state index is -1.65. The van der Waals surface area contributed by atoms with Crippen LogP contribution in [0.5, 0.6) is 0 Å². The lowest BCUT2D eigenvalue weighted by Gasteiger charge is -2.21. The van der Waals surface area contributed by atoms with E-state index in [0.717, 1.165) is 0 Å². The Hall–Kier alpha value is -0.490. The van der Waals surface area contributed by atoms with E-state index in [9.17, 15) is 4.79 Å². The van der Waals surface area contributed by atoms with E-state index in [-0.39, 0.29) is 6.29 Å². The quantitative estimate of drug-likeness (QED) is 0.349. The minimum Gasteiger partial charge on any atom is -0.391 e. The fourth-order valence-electron chi connectivity index (χ4n) is 0.568. The molecule has 0 rings (SSSR count). The first-order chi connectivity index (χ1) is 5.00. The van der Waals surface area contributed by atoms with Crippen LogP contribution in [0.4, 0.5) is 0 Å². The molecule has 4 N–H and O–H groups in total. The van der Waals surface area contributed by atoms with Crippen molar-refractivity contribution in [3.63, 3.8) is 0 Å². The first-order valence-electron chi connectivity index (χ1n) is 3.18. The Morgan fingerprint density at radius 2 is 1.55 bits per heavy atom. The molecule has 5 nitrogen and oxygen atoms in total. The van der Waals surface area contributed by atoms with Gasteiger partial charge in [-0.2, -0.15) is 0 Å². The van der Waals surface area contributed by atoms with Gasteiger partial charge in [0.2, 0.25) is 0 Å². The molecule has 0 unspecified atom stereocenters. The standard InChI is InChI=1S/C6H12O5/c1-3(8)5(10)6(11)4(9)2-7/h2-6,8-11H,1H3/t3-,4+,5+,6+/m0/s1. The first kappa shape index (κ1) is 10.5. The van der Waals surface area contributed by atoms with Gasteiger partial charge in [0.15, 0.2) is 6.29 Å². The summed E-state index contributed by atoms with van der Waals surface area (Å²) in [5, 5.41) is 35.1. The summed E-state index contributed by atoms with van der Waals surface area (Å²) in [7, 11) is 0. The molecule has 0 aromatic carbocycles. The summed E-state index contributed by atoms with van der Waals surface area (Å²) in [6.07, 6.45) is -5.88. The van der Waals surface area contributed by atoms with Crippen LogP contribution in [0.1, 0.15) is 6.92 Å². The first-order valence-corrected chi connectivity index (χ1v) is 3.18. The van der Waals surface area contributed by atoms with E-state index in [1.54, 1.807) is 0 Å². The van der Waals surface area contributed by atoms with E-state index in [0.29, 0.717) is 0 Å². The van der Waals surface area contributed by atoms with Crippen LogP contribution in [0.2, 0.25) is 0 Å². The number of aldehydes is 1. The highest BCUT2D eigenvalue weighted by Gasteiger charge is 2.27. The van der Waals surface area contributed by atoms with Gasteiger partial charge in [0, 0.05) is 0 Å². The van der Waals surface area contributed by atoms with Crippen LogP contribution in [0.25, 0.3) is 0 Å². The second-order valence-electron chi connectivity index (χ2n) is 2.35. The lowest BCUT2D eigenvalue weighted by atomic mass is 10.1. The molecule has 0 saturated carbocycles. The summed E-state index contributed by atoms with van der Waals surface area (Å²) in [5.41, 5.74) is 0. The molecule has 0 heterocycles. The maximum atomic E-state index is 9.87. The molecule has 0 aliphatic rings. The summed E-state index contributed by atoms with van der Waals surface area (Å²) in [5.74, 6) is 0. The Kier molecular flexibility index (Phi) is 4.20. The van der Waals surface area contributed by atoms with Crippen molar-refractivity contribution in [2.75, 3.05) is 0 Å². The van der Waals surface area contributed by atoms with Gasteiger partial charge in [0.25, 0.3) is 0 Å². The Morgan fingerprint density at radius 1 is 1.09 bits per heavy atom. The molecule has 0 aromatic rings. The summed E-state index contributed by atoms with van der Waals surface area (Å²) >= 11 is 0. The van der Waals surface area contributed by atoms with Gasteiger partial charge in [0.05, 0.1) is 6.10 Å². The maximum absolute atomic E-state index is 9.87. The van der Waals surface area contributed by atoms with Gasteiger partial charge < -0.3 is 25.2 Å². The van der Waals surface area contributed by atoms with Crippen LogP contribution >= 0.6 is 0 Å². The van der Waals surface area contributed by atoms with E-state index < -0.39 is 24.4 Å². The van der Waals surface area contributed by atoms with E-state index in [4.69, 9.17) is 20.4 Å². The fraction of sp³-hybridized carbons (Fsp3) is 0.833. The lowest BCUT2D eigenvalue weighted by molar-refractivity contribution is -0.132. The Labute approximate surface area is 63.9 Å². The van der Waals surface area contributed by atoms with Crippen molar-refractivity contribution in [3.05, 3.63) is 0 Å². The van der Waals surface area contributed by atoms with Crippen LogP contribution in [0.15, 0.2) is 0 Å². The third-order valence-electron chi connectivity index (χ3n) is 1.33. The molecule has 5 heteroatoms. The van der Waals surface area contributed by atoms with Gasteiger partial charge in [-0.15, -0.1) is 0 Å². The molecule has 0 fully saturated rings. The third-order valence-corrected chi connectivity index (χ3v) is 1.33. The van der Waals surface area contributed by atoms with Gasteiger partial charge in [-0.25, -0.2) is 0 Å². The minimum absolute atomic E-state index is 0.0935. The van der Waals surface area contributed by atoms with Crippen LogP contribution in [0, 0.1) is 0 Å². The second-order valence-corrected chi connectivity index (χ2v) is 2.35. The normalized spacial score (nSPS) is 21.9. The number of aliphatic hydroxyl groups excluding tert-OH is 4. The lowest BCUT2D eigenvalue weighted by Crippen LogP contribution is -2.43. The van der Waals surface area contributed by atoms with E-state index in [2.05, 4.69) is 0 Å². The molecule has 0 spiro atoms. The molecule has 0 aliphatic carbocycles. The predicted molar refractivity (Wildman–Crippen MR) is 35.8 cm³/mol. The van der Waals surface area contributed by atoms with Gasteiger partial charge in [-0.05, 0) is 6.92 Å². The second kappa shape index (κ2) is 4.40. The van der Waals surface area contributed by atoms with Crippen LogP contribution in [-0.2, 0) is 4.79 Å². The van der Waals surface area contributed by atoms with Gasteiger partial charge >= 0.3 is 0 Å². The zero-order valence-electron chi connectivity index (χ0n) is 6.08. The van der Waals surface area contributed by atoms with Crippen LogP contribution in [-0.4, -0.2) is 51.1 Å². The number of aliphatic hydroxyl groups is 4. The number of hydrogen-bond donors (Lipinski definition) is 4. The topological polar surface area (TPSA) is 98.0 Å². The number of rotatable bonds is 4. The van der Waals surface area contributed by atoms with Crippen molar-refractivity contribution >= 4 is 6.29 Å². The average molecular weight is 164 g/mol. The zero-order valence-corrected chi connectivity index (χ0v) is 6.08. The highest BCUT2D eigenvalue weighted by Crippen LogP contribution is 2.02. The predicted octanol–water partition coefficient (Wildman–Crippen LogP) is -2.35. The Bertz CT molecular complexity index is 124. The van der Waals surface area contributed by atoms with Crippen molar-refractivity contribution in [1.29, 1.82) is 0 Å². The molecule has 0 radical (unpaired) electrons. The van der Waals surface area contributed by atoms with E-state index in [1.165, 1.54) is 6.92 Å². The molecule has 4 atom stereocenters. The summed E-state index contributed by atoms with van der Waals surface area (Å²) in [4.78, 5) is 9.87. The molecule has 0 aromatic heterocycles. The number of carbonyl (C=O) groups excluding carboxylic acids is 1. The van der Waals surface area contributed by atoms with Crippen molar-refractivity contribution in [3.8, 4) is 0 Å². The molecule has 0 amide bonds. The van der Waals surface area contributed by atoms with Crippen LogP contribution < -0.4 is 0 Å². The fourth-order valence-corrected chi connectivity index (χ4v) is 0.568. The summed E-state index contributed by atoms with van der Waals surface area (Å²) < 4.78 is 0. The summed E-state index contributed by atoms with van der Waals surface area (Å²) in [6, 6.07) is 0. The zero-order chi connectivity index (χ0) is 9.02. The highest BCUT2D eigenvalue weighted by molar-refractivity contribution is 5.56. The third kappa shape index (κ3) is 2.94. The largest absolute Gasteiger partial charge is 0.391 e. The average Bonchev–Trinajstić information content (AvgIpc) is 2.00. The number of carbonyl (C=O) groups is 1. The van der Waals surface area contributed by atoms with Gasteiger partial charge in [0.1, 0.15) is 18.3 Å². The molecular weight excluding hydrogens is 152 g/mol. The van der Waals surface area contributed by atoms with Gasteiger partial charge in [-0.1, -0.05) is 0 Å². The SMILES string of the molecule is C[C@H](O)[C@@H](O)[C@H](O)[C@H](O)C=O. The maximum Gasteiger partial charge on any atom is 0.151 e. The molecule has 0 saturated heterocycles. The monoisotopic (exact) mass is 164 g/mol. The van der Waals surface area contributed by atoms with Crippen molar-refractivity contribution in [2.45, 2.75) is 31.3 Å². The molecule has 0 aliphatic heterocycles. The smallest absolute Gasteiger partial charge is 0.151 e. The van der Waals surface area contributed by atoms with Crippen molar-refractivity contribution in [2.24, 2.45) is 0 Å². The molecule has 66 valence electrons. The Balaban J connectivity index is 4.00. The summed E-state index contributed by atoms with van der Waals surface area (Å²) in [6.45, 7) is 1.24.